The first-order valence-electron chi connectivity index (χ1n) is 8.20. The number of benzene rings is 1. The maximum absolute atomic E-state index is 12.3. The topological polar surface area (TPSA) is 125 Å². The van der Waals surface area contributed by atoms with E-state index in [-0.39, 0.29) is 28.3 Å². The number of hydrogen-bond acceptors (Lipinski definition) is 7. The SMILES string of the molecule is O=C(Cc1cccs1)NNC(=S)Nc1ccc(S(=O)(=O)Nc2ncccn2)cc1. The third-order valence-corrected chi connectivity index (χ3v) is 5.87. The molecule has 4 N–H and O–H groups in total. The summed E-state index contributed by atoms with van der Waals surface area (Å²) in [5.41, 5.74) is 5.64. The van der Waals surface area contributed by atoms with Crippen molar-refractivity contribution >= 4 is 56.2 Å². The van der Waals surface area contributed by atoms with Crippen molar-refractivity contribution in [2.45, 2.75) is 11.3 Å². The highest BCUT2D eigenvalue weighted by molar-refractivity contribution is 7.92. The molecule has 0 radical (unpaired) electrons. The van der Waals surface area contributed by atoms with E-state index in [2.05, 4.69) is 30.9 Å². The second kappa shape index (κ2) is 9.41. The van der Waals surface area contributed by atoms with Gasteiger partial charge in [-0.15, -0.1) is 11.3 Å². The third kappa shape index (κ3) is 6.20. The van der Waals surface area contributed by atoms with Gasteiger partial charge in [-0.25, -0.2) is 23.1 Å². The van der Waals surface area contributed by atoms with Crippen LogP contribution in [0.15, 0.2) is 65.1 Å². The number of aromatic nitrogens is 2. The lowest BCUT2D eigenvalue weighted by atomic mass is 10.3. The molecule has 0 bridgehead atoms. The number of anilines is 2. The van der Waals surface area contributed by atoms with Crippen LogP contribution in [-0.2, 0) is 21.2 Å². The van der Waals surface area contributed by atoms with Crippen LogP contribution in [0.3, 0.4) is 0 Å². The van der Waals surface area contributed by atoms with Crippen molar-refractivity contribution in [3.05, 3.63) is 65.1 Å². The van der Waals surface area contributed by atoms with Gasteiger partial charge in [0.2, 0.25) is 11.9 Å². The van der Waals surface area contributed by atoms with E-state index >= 15 is 0 Å². The lowest BCUT2D eigenvalue weighted by Gasteiger charge is -2.12. The first-order chi connectivity index (χ1) is 13.9. The number of nitrogens with zero attached hydrogens (tertiary/aromatic N) is 2. The number of carbonyl (C=O) groups is 1. The van der Waals surface area contributed by atoms with Crippen LogP contribution in [-0.4, -0.2) is 29.4 Å². The molecule has 0 atom stereocenters. The summed E-state index contributed by atoms with van der Waals surface area (Å²) in [6, 6.07) is 11.2. The first kappa shape index (κ1) is 20.6. The fourth-order valence-corrected chi connectivity index (χ4v) is 3.98. The van der Waals surface area contributed by atoms with Crippen LogP contribution in [0.25, 0.3) is 0 Å². The van der Waals surface area contributed by atoms with Crippen molar-refractivity contribution in [1.29, 1.82) is 0 Å². The Hall–Kier alpha value is -3.09. The summed E-state index contributed by atoms with van der Waals surface area (Å²) in [6.07, 6.45) is 3.12. The molecule has 0 unspecified atom stereocenters. The summed E-state index contributed by atoms with van der Waals surface area (Å²) < 4.78 is 27.0. The van der Waals surface area contributed by atoms with Gasteiger partial charge in [0.05, 0.1) is 11.3 Å². The highest BCUT2D eigenvalue weighted by Crippen LogP contribution is 2.16. The Bertz CT molecular complexity index is 1070. The van der Waals surface area contributed by atoms with Gasteiger partial charge in [-0.2, -0.15) is 0 Å². The highest BCUT2D eigenvalue weighted by atomic mass is 32.2. The summed E-state index contributed by atoms with van der Waals surface area (Å²) in [5, 5.41) is 4.91. The molecule has 0 spiro atoms. The minimum absolute atomic E-state index is 0.0154. The second-order valence-electron chi connectivity index (χ2n) is 5.59. The fraction of sp³-hybridized carbons (Fsp3) is 0.0588. The molecule has 1 amide bonds. The number of thiophene rings is 1. The lowest BCUT2D eigenvalue weighted by Crippen LogP contribution is -2.44. The zero-order valence-corrected chi connectivity index (χ0v) is 17.3. The minimum Gasteiger partial charge on any atom is -0.331 e. The molecule has 0 aliphatic rings. The molecule has 2 aromatic heterocycles. The van der Waals surface area contributed by atoms with Gasteiger partial charge in [0.15, 0.2) is 5.11 Å². The quantitative estimate of drug-likeness (QED) is 0.333. The van der Waals surface area contributed by atoms with Gasteiger partial charge in [0.25, 0.3) is 10.0 Å². The predicted molar refractivity (Wildman–Crippen MR) is 115 cm³/mol. The molecule has 2 heterocycles. The van der Waals surface area contributed by atoms with Crippen LogP contribution >= 0.6 is 23.6 Å². The normalized spacial score (nSPS) is 10.8. The molecule has 1 aromatic carbocycles. The number of hydrazine groups is 1. The van der Waals surface area contributed by atoms with E-state index in [1.807, 2.05) is 17.5 Å². The van der Waals surface area contributed by atoms with Gasteiger partial charge in [-0.1, -0.05) is 6.07 Å². The molecule has 3 rings (SSSR count). The Balaban J connectivity index is 1.51. The van der Waals surface area contributed by atoms with E-state index < -0.39 is 10.0 Å². The maximum atomic E-state index is 12.3. The monoisotopic (exact) mass is 448 g/mol. The van der Waals surface area contributed by atoms with Gasteiger partial charge in [0, 0.05) is 23.0 Å². The molecule has 3 aromatic rings. The van der Waals surface area contributed by atoms with Crippen molar-refractivity contribution < 1.29 is 13.2 Å². The predicted octanol–water partition coefficient (Wildman–Crippen LogP) is 1.90. The average molecular weight is 449 g/mol. The average Bonchev–Trinajstić information content (AvgIpc) is 3.20. The molecule has 0 saturated heterocycles. The summed E-state index contributed by atoms with van der Waals surface area (Å²) in [5.74, 6) is -0.245. The van der Waals surface area contributed by atoms with Crippen molar-refractivity contribution in [3.8, 4) is 0 Å². The van der Waals surface area contributed by atoms with Gasteiger partial charge >= 0.3 is 0 Å². The summed E-state index contributed by atoms with van der Waals surface area (Å²) in [7, 11) is -3.81. The van der Waals surface area contributed by atoms with E-state index in [0.29, 0.717) is 5.69 Å². The molecular weight excluding hydrogens is 432 g/mol. The highest BCUT2D eigenvalue weighted by Gasteiger charge is 2.15. The van der Waals surface area contributed by atoms with Crippen LogP contribution < -0.4 is 20.9 Å². The molecule has 29 heavy (non-hydrogen) atoms. The molecule has 0 fully saturated rings. The summed E-state index contributed by atoms with van der Waals surface area (Å²) in [6.45, 7) is 0. The van der Waals surface area contributed by atoms with Crippen LogP contribution in [0, 0.1) is 0 Å². The molecule has 150 valence electrons. The Labute approximate surface area is 176 Å². The molecule has 0 aliphatic carbocycles. The zero-order valence-electron chi connectivity index (χ0n) is 14.8. The molecule has 0 aliphatic heterocycles. The standard InChI is InChI=1S/C17H16N6O3S3/c24-15(11-13-3-1-10-28-13)21-22-17(27)20-12-4-6-14(7-5-12)29(25,26)23-16-18-8-2-9-19-16/h1-10H,11H2,(H,21,24)(H,18,19,23)(H2,20,22,27). The Morgan fingerprint density at radius 2 is 1.76 bits per heavy atom. The first-order valence-corrected chi connectivity index (χ1v) is 11.0. The van der Waals surface area contributed by atoms with Crippen LogP contribution in [0.4, 0.5) is 11.6 Å². The van der Waals surface area contributed by atoms with Crippen molar-refractivity contribution in [2.75, 3.05) is 10.0 Å². The second-order valence-corrected chi connectivity index (χ2v) is 8.71. The van der Waals surface area contributed by atoms with Crippen molar-refractivity contribution in [1.82, 2.24) is 20.8 Å². The number of rotatable bonds is 6. The number of carbonyl (C=O) groups excluding carboxylic acids is 1. The zero-order chi connectivity index (χ0) is 20.7. The third-order valence-electron chi connectivity index (χ3n) is 3.44. The largest absolute Gasteiger partial charge is 0.331 e. The molecule has 12 heteroatoms. The molecular formula is C17H16N6O3S3. The number of hydrogen-bond donors (Lipinski definition) is 4. The van der Waals surface area contributed by atoms with Crippen LogP contribution in [0.1, 0.15) is 4.88 Å². The van der Waals surface area contributed by atoms with Crippen LogP contribution in [0.5, 0.6) is 0 Å². The van der Waals surface area contributed by atoms with Crippen molar-refractivity contribution in [2.24, 2.45) is 0 Å². The van der Waals surface area contributed by atoms with Crippen molar-refractivity contribution in [3.63, 3.8) is 0 Å². The maximum Gasteiger partial charge on any atom is 0.264 e. The summed E-state index contributed by atoms with van der Waals surface area (Å²) >= 11 is 6.61. The Morgan fingerprint density at radius 3 is 2.41 bits per heavy atom. The smallest absolute Gasteiger partial charge is 0.264 e. The van der Waals surface area contributed by atoms with E-state index in [1.165, 1.54) is 35.9 Å². The van der Waals surface area contributed by atoms with Gasteiger partial charge < -0.3 is 5.32 Å². The number of amides is 1. The number of nitrogens with one attached hydrogen (secondary N) is 4. The van der Waals surface area contributed by atoms with E-state index in [9.17, 15) is 13.2 Å². The van der Waals surface area contributed by atoms with Gasteiger partial charge in [0.1, 0.15) is 0 Å². The van der Waals surface area contributed by atoms with E-state index in [0.717, 1.165) is 4.88 Å². The van der Waals surface area contributed by atoms with E-state index in [1.54, 1.807) is 18.2 Å². The molecule has 9 nitrogen and oxygen atoms in total. The number of sulfonamides is 1. The Morgan fingerprint density at radius 1 is 1.03 bits per heavy atom. The van der Waals surface area contributed by atoms with Gasteiger partial charge in [-0.05, 0) is 54.0 Å². The van der Waals surface area contributed by atoms with E-state index in [4.69, 9.17) is 12.2 Å². The lowest BCUT2D eigenvalue weighted by molar-refractivity contribution is -0.120. The number of thiocarbonyl (C=S) groups is 1. The van der Waals surface area contributed by atoms with Crippen LogP contribution in [0.2, 0.25) is 0 Å². The van der Waals surface area contributed by atoms with Gasteiger partial charge in [-0.3, -0.25) is 15.6 Å². The minimum atomic E-state index is -3.81. The Kier molecular flexibility index (Phi) is 6.69. The molecule has 0 saturated carbocycles. The summed E-state index contributed by atoms with van der Waals surface area (Å²) in [4.78, 5) is 20.5. The fourth-order valence-electron chi connectivity index (χ4n) is 2.15.